The number of nitrogens with zero attached hydrogens (tertiary/aromatic N) is 4. The van der Waals surface area contributed by atoms with Gasteiger partial charge in [-0.15, -0.1) is 0 Å². The average Bonchev–Trinajstić information content (AvgIpc) is 3.04. The van der Waals surface area contributed by atoms with Crippen molar-refractivity contribution in [2.75, 3.05) is 5.75 Å². The van der Waals surface area contributed by atoms with Gasteiger partial charge in [0.15, 0.2) is 5.16 Å². The maximum atomic E-state index is 12.6. The Hall–Kier alpha value is -1.87. The van der Waals surface area contributed by atoms with E-state index in [9.17, 15) is 14.7 Å². The van der Waals surface area contributed by atoms with Gasteiger partial charge in [-0.25, -0.2) is 4.98 Å². The highest BCUT2D eigenvalue weighted by atomic mass is 32.2. The largest absolute Gasteiger partial charge is 0.393 e. The number of carbonyl (C=O) groups is 1. The summed E-state index contributed by atoms with van der Waals surface area (Å²) in [5, 5.41) is 13.2. The van der Waals surface area contributed by atoms with E-state index in [1.807, 2.05) is 4.90 Å². The number of piperidine rings is 1. The minimum Gasteiger partial charge on any atom is -0.393 e. The van der Waals surface area contributed by atoms with E-state index in [0.717, 1.165) is 12.8 Å². The summed E-state index contributed by atoms with van der Waals surface area (Å²) < 4.78 is 1.28. The first-order valence-electron chi connectivity index (χ1n) is 8.09. The van der Waals surface area contributed by atoms with Crippen LogP contribution < -0.4 is 5.56 Å². The van der Waals surface area contributed by atoms with E-state index in [2.05, 4.69) is 15.1 Å². The first-order chi connectivity index (χ1) is 11.5. The van der Waals surface area contributed by atoms with Crippen LogP contribution in [-0.2, 0) is 4.79 Å². The van der Waals surface area contributed by atoms with Crippen molar-refractivity contribution >= 4 is 23.4 Å². The van der Waals surface area contributed by atoms with Crippen LogP contribution in [0.15, 0.2) is 16.0 Å². The number of hydrogen-bond acceptors (Lipinski definition) is 6. The fourth-order valence-electron chi connectivity index (χ4n) is 3.80. The van der Waals surface area contributed by atoms with E-state index >= 15 is 0 Å². The number of amides is 1. The van der Waals surface area contributed by atoms with Crippen molar-refractivity contribution in [3.63, 3.8) is 0 Å². The van der Waals surface area contributed by atoms with Crippen LogP contribution in [0.2, 0.25) is 0 Å². The Kier molecular flexibility index (Phi) is 3.84. The minimum atomic E-state index is -0.282. The standard InChI is InChI=1S/C15H19N5O3S/c1-8-4-12(22)20-14(16-8)17-15(18-20)24-7-13(23)19-9-2-3-10(19)6-11(21)5-9/h4,9-11,21H,2-3,5-7H2,1H3,(H,16,17,18)/t9-,10+,11?. The van der Waals surface area contributed by atoms with Gasteiger partial charge in [0.2, 0.25) is 5.91 Å². The van der Waals surface area contributed by atoms with E-state index in [0.29, 0.717) is 29.5 Å². The first-order valence-corrected chi connectivity index (χ1v) is 9.08. The summed E-state index contributed by atoms with van der Waals surface area (Å²) in [7, 11) is 0. The van der Waals surface area contributed by atoms with Crippen LogP contribution in [-0.4, -0.2) is 59.4 Å². The Labute approximate surface area is 142 Å². The van der Waals surface area contributed by atoms with Crippen molar-refractivity contribution in [2.24, 2.45) is 0 Å². The molecule has 2 fully saturated rings. The number of hydrogen-bond donors (Lipinski definition) is 2. The molecule has 2 aliphatic rings. The lowest BCUT2D eigenvalue weighted by molar-refractivity contribution is -0.134. The molecule has 9 heteroatoms. The lowest BCUT2D eigenvalue weighted by atomic mass is 10.00. The molecule has 128 valence electrons. The van der Waals surface area contributed by atoms with Crippen LogP contribution in [0.25, 0.3) is 5.78 Å². The number of aliphatic hydroxyl groups is 1. The molecule has 0 saturated carbocycles. The zero-order valence-corrected chi connectivity index (χ0v) is 14.1. The predicted octanol–water partition coefficient (Wildman–Crippen LogP) is 0.332. The second-order valence-corrected chi connectivity index (χ2v) is 7.46. The van der Waals surface area contributed by atoms with Gasteiger partial charge in [0, 0.05) is 23.8 Å². The van der Waals surface area contributed by atoms with Crippen molar-refractivity contribution in [1.29, 1.82) is 0 Å². The van der Waals surface area contributed by atoms with Crippen LogP contribution in [0.5, 0.6) is 0 Å². The van der Waals surface area contributed by atoms with Gasteiger partial charge < -0.3 is 10.0 Å². The number of carbonyl (C=O) groups excluding carboxylic acids is 1. The summed E-state index contributed by atoms with van der Waals surface area (Å²) in [5.74, 6) is 0.642. The average molecular weight is 349 g/mol. The van der Waals surface area contributed by atoms with Gasteiger partial charge in [0.1, 0.15) is 0 Å². The smallest absolute Gasteiger partial charge is 0.274 e. The van der Waals surface area contributed by atoms with Crippen molar-refractivity contribution in [3.8, 4) is 0 Å². The molecule has 1 unspecified atom stereocenters. The fraction of sp³-hybridized carbons (Fsp3) is 0.600. The molecular formula is C15H19N5O3S. The molecule has 0 spiro atoms. The number of aryl methyl sites for hydroxylation is 1. The van der Waals surface area contributed by atoms with E-state index < -0.39 is 0 Å². The number of aromatic amines is 1. The third kappa shape index (κ3) is 2.71. The van der Waals surface area contributed by atoms with Gasteiger partial charge in [-0.05, 0) is 32.6 Å². The van der Waals surface area contributed by atoms with Gasteiger partial charge in [-0.1, -0.05) is 11.8 Å². The third-order valence-corrected chi connectivity index (χ3v) is 5.61. The van der Waals surface area contributed by atoms with Crippen LogP contribution in [0.1, 0.15) is 31.4 Å². The summed E-state index contributed by atoms with van der Waals surface area (Å²) >= 11 is 1.28. The number of H-pyrrole nitrogens is 1. The number of aromatic nitrogens is 4. The van der Waals surface area contributed by atoms with Crippen molar-refractivity contribution in [2.45, 2.75) is 56.0 Å². The van der Waals surface area contributed by atoms with Crippen LogP contribution in [0.3, 0.4) is 0 Å². The lowest BCUT2D eigenvalue weighted by Gasteiger charge is -2.37. The van der Waals surface area contributed by atoms with Crippen molar-refractivity contribution in [3.05, 3.63) is 22.1 Å². The third-order valence-electron chi connectivity index (χ3n) is 4.77. The van der Waals surface area contributed by atoms with Crippen molar-refractivity contribution in [1.82, 2.24) is 24.5 Å². The van der Waals surface area contributed by atoms with E-state index in [4.69, 9.17) is 0 Å². The monoisotopic (exact) mass is 349 g/mol. The normalized spacial score (nSPS) is 26.2. The molecule has 2 aliphatic heterocycles. The van der Waals surface area contributed by atoms with E-state index in [-0.39, 0.29) is 35.4 Å². The van der Waals surface area contributed by atoms with E-state index in [1.54, 1.807) is 6.92 Å². The molecule has 2 N–H and O–H groups in total. The Bertz CT molecular complexity index is 833. The Morgan fingerprint density at radius 2 is 2.08 bits per heavy atom. The van der Waals surface area contributed by atoms with Gasteiger partial charge in [-0.2, -0.15) is 9.50 Å². The molecule has 8 nitrogen and oxygen atoms in total. The van der Waals surface area contributed by atoms with Crippen LogP contribution in [0.4, 0.5) is 0 Å². The number of aliphatic hydroxyl groups excluding tert-OH is 1. The zero-order valence-electron chi connectivity index (χ0n) is 13.3. The Morgan fingerprint density at radius 3 is 2.79 bits per heavy atom. The molecule has 2 saturated heterocycles. The topological polar surface area (TPSA) is 104 Å². The summed E-state index contributed by atoms with van der Waals surface area (Å²) in [4.78, 5) is 34.8. The highest BCUT2D eigenvalue weighted by molar-refractivity contribution is 7.99. The molecule has 1 amide bonds. The molecule has 2 aromatic rings. The van der Waals surface area contributed by atoms with Gasteiger partial charge in [-0.3, -0.25) is 14.7 Å². The summed E-state index contributed by atoms with van der Waals surface area (Å²) in [6, 6.07) is 1.76. The van der Waals surface area contributed by atoms with Gasteiger partial charge in [0.25, 0.3) is 11.3 Å². The molecule has 4 rings (SSSR count). The number of nitrogens with one attached hydrogen (secondary N) is 1. The maximum absolute atomic E-state index is 12.6. The predicted molar refractivity (Wildman–Crippen MR) is 88.0 cm³/mol. The first kappa shape index (κ1) is 15.6. The molecule has 2 bridgehead atoms. The SMILES string of the molecule is Cc1cc(=O)n2[nH]c(SCC(=O)N3[C@@H]4CC[C@H]3CC(O)C4)nc2n1. The number of thioether (sulfide) groups is 1. The second kappa shape index (κ2) is 5.89. The van der Waals surface area contributed by atoms with E-state index in [1.165, 1.54) is 22.3 Å². The van der Waals surface area contributed by atoms with Crippen LogP contribution >= 0.6 is 11.8 Å². The Balaban J connectivity index is 1.46. The maximum Gasteiger partial charge on any atom is 0.274 e. The van der Waals surface area contributed by atoms with Crippen LogP contribution in [0, 0.1) is 6.92 Å². The molecule has 0 aliphatic carbocycles. The molecule has 0 aromatic carbocycles. The van der Waals surface area contributed by atoms with Gasteiger partial charge in [0.05, 0.1) is 11.9 Å². The highest BCUT2D eigenvalue weighted by Gasteiger charge is 2.42. The summed E-state index contributed by atoms with van der Waals surface area (Å²) in [6.45, 7) is 1.74. The highest BCUT2D eigenvalue weighted by Crippen LogP contribution is 2.36. The summed E-state index contributed by atoms with van der Waals surface area (Å²) in [6.07, 6.45) is 3.02. The van der Waals surface area contributed by atoms with Crippen molar-refractivity contribution < 1.29 is 9.90 Å². The van der Waals surface area contributed by atoms with Gasteiger partial charge >= 0.3 is 0 Å². The molecule has 2 aromatic heterocycles. The lowest BCUT2D eigenvalue weighted by Crippen LogP contribution is -2.48. The molecule has 3 atom stereocenters. The molecular weight excluding hydrogens is 330 g/mol. The molecule has 4 heterocycles. The summed E-state index contributed by atoms with van der Waals surface area (Å²) in [5.41, 5.74) is 0.397. The number of fused-ring (bicyclic) bond motifs is 3. The molecule has 0 radical (unpaired) electrons. The fourth-order valence-corrected chi connectivity index (χ4v) is 4.51. The zero-order chi connectivity index (χ0) is 16.8. The quantitative estimate of drug-likeness (QED) is 0.774. The Morgan fingerprint density at radius 1 is 1.38 bits per heavy atom. The number of rotatable bonds is 3. The molecule has 24 heavy (non-hydrogen) atoms. The minimum absolute atomic E-state index is 0.0661. The second-order valence-electron chi connectivity index (χ2n) is 6.50.